The lowest BCUT2D eigenvalue weighted by Crippen LogP contribution is -2.32. The Kier molecular flexibility index (Phi) is 6.02. The van der Waals surface area contributed by atoms with Crippen molar-refractivity contribution in [2.75, 3.05) is 23.9 Å². The second kappa shape index (κ2) is 8.46. The van der Waals surface area contributed by atoms with E-state index in [1.54, 1.807) is 14.1 Å². The van der Waals surface area contributed by atoms with Crippen molar-refractivity contribution in [3.8, 4) is 0 Å². The number of amides is 2. The Morgan fingerprint density at radius 1 is 0.643 bits per heavy atom. The van der Waals surface area contributed by atoms with Gasteiger partial charge >= 0.3 is 0 Å². The zero-order chi connectivity index (χ0) is 20.3. The average molecular weight is 413 g/mol. The van der Waals surface area contributed by atoms with Gasteiger partial charge in [-0.05, 0) is 36.4 Å². The van der Waals surface area contributed by atoms with Crippen molar-refractivity contribution >= 4 is 46.4 Å². The third-order valence-corrected chi connectivity index (χ3v) is 5.14. The fourth-order valence-corrected chi connectivity index (χ4v) is 3.13. The average Bonchev–Trinajstić information content (AvgIpc) is 2.74. The summed E-state index contributed by atoms with van der Waals surface area (Å²) in [6.07, 6.45) is 0. The number of benzene rings is 3. The summed E-state index contributed by atoms with van der Waals surface area (Å²) in [7, 11) is 3.30. The summed E-state index contributed by atoms with van der Waals surface area (Å²) < 4.78 is 0. The van der Waals surface area contributed by atoms with Crippen LogP contribution in [0.2, 0.25) is 10.0 Å². The molecular weight excluding hydrogens is 395 g/mol. The first-order valence-corrected chi connectivity index (χ1v) is 9.31. The second-order valence-electron chi connectivity index (χ2n) is 6.21. The van der Waals surface area contributed by atoms with Crippen LogP contribution in [-0.4, -0.2) is 25.9 Å². The van der Waals surface area contributed by atoms with Gasteiger partial charge in [0.2, 0.25) is 0 Å². The number of para-hydroxylation sites is 2. The van der Waals surface area contributed by atoms with Crippen LogP contribution in [0.5, 0.6) is 0 Å². The first-order valence-electron chi connectivity index (χ1n) is 8.55. The number of halogens is 2. The minimum atomic E-state index is -0.352. The summed E-state index contributed by atoms with van der Waals surface area (Å²) >= 11 is 12.3. The quantitative estimate of drug-likeness (QED) is 0.563. The van der Waals surface area contributed by atoms with Crippen LogP contribution in [-0.2, 0) is 0 Å². The lowest BCUT2D eigenvalue weighted by atomic mass is 10.0. The zero-order valence-electron chi connectivity index (χ0n) is 15.4. The standard InChI is InChI=1S/C22H18Cl2N2O2/c1-25(15-9-5-3-6-10-15)21(27)17-13-19(23)20(24)14-18(17)22(28)26(2)16-11-7-4-8-12-16/h3-14H,1-2H3. The molecule has 0 radical (unpaired) electrons. The Morgan fingerprint density at radius 2 is 0.964 bits per heavy atom. The summed E-state index contributed by atoms with van der Waals surface area (Å²) in [6.45, 7) is 0. The Bertz CT molecular complexity index is 925. The van der Waals surface area contributed by atoms with E-state index in [0.29, 0.717) is 11.4 Å². The molecule has 3 aromatic rings. The smallest absolute Gasteiger partial charge is 0.258 e. The molecule has 0 aliphatic rings. The highest BCUT2D eigenvalue weighted by Crippen LogP contribution is 2.29. The van der Waals surface area contributed by atoms with Gasteiger partial charge in [-0.25, -0.2) is 0 Å². The maximum absolute atomic E-state index is 13.1. The highest BCUT2D eigenvalue weighted by Gasteiger charge is 2.25. The molecule has 0 spiro atoms. The molecule has 0 fully saturated rings. The monoisotopic (exact) mass is 412 g/mol. The number of carbonyl (C=O) groups is 2. The van der Waals surface area contributed by atoms with Gasteiger partial charge in [-0.15, -0.1) is 0 Å². The molecule has 0 heterocycles. The van der Waals surface area contributed by atoms with Gasteiger partial charge in [0.05, 0.1) is 21.2 Å². The van der Waals surface area contributed by atoms with Gasteiger partial charge in [0.25, 0.3) is 11.8 Å². The predicted octanol–water partition coefficient (Wildman–Crippen LogP) is 5.55. The van der Waals surface area contributed by atoms with E-state index in [-0.39, 0.29) is 33.0 Å². The van der Waals surface area contributed by atoms with Crippen molar-refractivity contribution < 1.29 is 9.59 Å². The van der Waals surface area contributed by atoms with Gasteiger partial charge in [-0.3, -0.25) is 9.59 Å². The maximum Gasteiger partial charge on any atom is 0.258 e. The Balaban J connectivity index is 2.03. The van der Waals surface area contributed by atoms with E-state index in [9.17, 15) is 9.59 Å². The van der Waals surface area contributed by atoms with Gasteiger partial charge in [-0.2, -0.15) is 0 Å². The van der Waals surface area contributed by atoms with Crippen LogP contribution in [0.3, 0.4) is 0 Å². The maximum atomic E-state index is 13.1. The topological polar surface area (TPSA) is 40.6 Å². The van der Waals surface area contributed by atoms with Crippen LogP contribution in [0.1, 0.15) is 20.7 Å². The summed E-state index contributed by atoms with van der Waals surface area (Å²) in [5, 5.41) is 0.427. The highest BCUT2D eigenvalue weighted by molar-refractivity contribution is 6.42. The molecule has 142 valence electrons. The molecule has 0 aliphatic carbocycles. The fraction of sp³-hybridized carbons (Fsp3) is 0.0909. The SMILES string of the molecule is CN(C(=O)c1cc(Cl)c(Cl)cc1C(=O)N(C)c1ccccc1)c1ccccc1. The number of hydrogen-bond donors (Lipinski definition) is 0. The van der Waals surface area contributed by atoms with E-state index in [2.05, 4.69) is 0 Å². The van der Waals surface area contributed by atoms with Crippen LogP contribution >= 0.6 is 23.2 Å². The highest BCUT2D eigenvalue weighted by atomic mass is 35.5. The molecule has 3 rings (SSSR count). The molecule has 0 saturated heterocycles. The van der Waals surface area contributed by atoms with Crippen LogP contribution in [0.25, 0.3) is 0 Å². The third kappa shape index (κ3) is 4.03. The van der Waals surface area contributed by atoms with E-state index in [1.165, 1.54) is 21.9 Å². The lowest BCUT2D eigenvalue weighted by Gasteiger charge is -2.22. The molecule has 3 aromatic carbocycles. The summed E-state index contributed by atoms with van der Waals surface area (Å²) in [4.78, 5) is 29.2. The molecule has 6 heteroatoms. The number of carbonyl (C=O) groups excluding carboxylic acids is 2. The Morgan fingerprint density at radius 3 is 1.29 bits per heavy atom. The van der Waals surface area contributed by atoms with Crippen LogP contribution in [0.4, 0.5) is 11.4 Å². The number of rotatable bonds is 4. The van der Waals surface area contributed by atoms with Crippen molar-refractivity contribution in [3.05, 3.63) is 94.0 Å². The van der Waals surface area contributed by atoms with Crippen molar-refractivity contribution in [1.29, 1.82) is 0 Å². The second-order valence-corrected chi connectivity index (χ2v) is 7.03. The number of nitrogens with zero attached hydrogens (tertiary/aromatic N) is 2. The third-order valence-electron chi connectivity index (χ3n) is 4.42. The van der Waals surface area contributed by atoms with E-state index in [4.69, 9.17) is 23.2 Å². The molecule has 0 aromatic heterocycles. The number of hydrogen-bond acceptors (Lipinski definition) is 2. The van der Waals surface area contributed by atoms with Gasteiger partial charge in [0, 0.05) is 25.5 Å². The summed E-state index contributed by atoms with van der Waals surface area (Å²) in [6, 6.07) is 21.2. The Hall–Kier alpha value is -2.82. The molecule has 0 N–H and O–H groups in total. The van der Waals surface area contributed by atoms with Crippen molar-refractivity contribution in [3.63, 3.8) is 0 Å². The molecule has 0 atom stereocenters. The largest absolute Gasteiger partial charge is 0.311 e. The molecule has 0 bridgehead atoms. The van der Waals surface area contributed by atoms with E-state index in [0.717, 1.165) is 0 Å². The van der Waals surface area contributed by atoms with E-state index < -0.39 is 0 Å². The van der Waals surface area contributed by atoms with Gasteiger partial charge in [0.15, 0.2) is 0 Å². The molecule has 28 heavy (non-hydrogen) atoms. The van der Waals surface area contributed by atoms with Gasteiger partial charge in [-0.1, -0.05) is 59.6 Å². The van der Waals surface area contributed by atoms with Gasteiger partial charge < -0.3 is 9.80 Å². The summed E-state index contributed by atoms with van der Waals surface area (Å²) in [5.74, 6) is -0.704. The zero-order valence-corrected chi connectivity index (χ0v) is 16.9. The number of anilines is 2. The molecular formula is C22H18Cl2N2O2. The van der Waals surface area contributed by atoms with Crippen molar-refractivity contribution in [1.82, 2.24) is 0 Å². The molecule has 0 saturated carbocycles. The predicted molar refractivity (Wildman–Crippen MR) is 115 cm³/mol. The van der Waals surface area contributed by atoms with E-state index in [1.807, 2.05) is 60.7 Å². The minimum absolute atomic E-state index is 0.188. The van der Waals surface area contributed by atoms with E-state index >= 15 is 0 Å². The first-order chi connectivity index (χ1) is 13.4. The van der Waals surface area contributed by atoms with Gasteiger partial charge in [0.1, 0.15) is 0 Å². The molecule has 2 amide bonds. The summed E-state index contributed by atoms with van der Waals surface area (Å²) in [5.41, 5.74) is 1.78. The molecule has 0 aliphatic heterocycles. The van der Waals surface area contributed by atoms with Crippen LogP contribution in [0, 0.1) is 0 Å². The van der Waals surface area contributed by atoms with Crippen molar-refractivity contribution in [2.24, 2.45) is 0 Å². The first kappa shape index (κ1) is 19.9. The minimum Gasteiger partial charge on any atom is -0.311 e. The molecule has 4 nitrogen and oxygen atoms in total. The normalized spacial score (nSPS) is 10.4. The Labute approximate surface area is 173 Å². The van der Waals surface area contributed by atoms with Crippen LogP contribution < -0.4 is 9.80 Å². The fourth-order valence-electron chi connectivity index (χ4n) is 2.80. The van der Waals surface area contributed by atoms with Crippen LogP contribution in [0.15, 0.2) is 72.8 Å². The lowest BCUT2D eigenvalue weighted by molar-refractivity contribution is 0.0960. The molecule has 0 unspecified atom stereocenters. The van der Waals surface area contributed by atoms with Crippen molar-refractivity contribution in [2.45, 2.75) is 0 Å².